The molecule has 1 aromatic carbocycles. The number of hydrogen-bond donors (Lipinski definition) is 1. The molecule has 1 heterocycles. The second kappa shape index (κ2) is 7.92. The molecule has 1 aromatic heterocycles. The number of carbonyl (C=O) groups excluding carboxylic acids is 1. The van der Waals surface area contributed by atoms with Crippen LogP contribution >= 0.6 is 23.4 Å². The third kappa shape index (κ3) is 5.23. The van der Waals surface area contributed by atoms with Crippen LogP contribution in [-0.4, -0.2) is 16.6 Å². The molecular weight excluding hydrogens is 292 g/mol. The molecule has 1 N–H and O–H groups in total. The van der Waals surface area contributed by atoms with E-state index in [9.17, 15) is 4.79 Å². The van der Waals surface area contributed by atoms with Crippen LogP contribution in [-0.2, 0) is 17.1 Å². The van der Waals surface area contributed by atoms with E-state index in [-0.39, 0.29) is 5.91 Å². The zero-order valence-corrected chi connectivity index (χ0v) is 12.5. The van der Waals surface area contributed by atoms with Gasteiger partial charge >= 0.3 is 0 Å². The lowest BCUT2D eigenvalue weighted by atomic mass is 10.2. The van der Waals surface area contributed by atoms with Crippen LogP contribution in [0.5, 0.6) is 0 Å². The van der Waals surface area contributed by atoms with E-state index in [2.05, 4.69) is 10.3 Å². The number of hydrogen-bond acceptors (Lipinski definition) is 3. The Hall–Kier alpha value is -1.52. The van der Waals surface area contributed by atoms with Crippen LogP contribution in [0.1, 0.15) is 11.1 Å². The first kappa shape index (κ1) is 14.9. The number of nitrogens with zero attached hydrogens (tertiary/aromatic N) is 1. The standard InChI is InChI=1S/C15H15ClN2OS/c16-14-3-1-13(2-4-14)10-20-11-15(19)18-9-12-5-7-17-8-6-12/h1-8H,9-11H2,(H,18,19). The van der Waals surface area contributed by atoms with Gasteiger partial charge in [0.2, 0.25) is 5.91 Å². The predicted octanol–water partition coefficient (Wildman–Crippen LogP) is 3.28. The zero-order valence-electron chi connectivity index (χ0n) is 10.9. The fraction of sp³-hybridized carbons (Fsp3) is 0.200. The van der Waals surface area contributed by atoms with Gasteiger partial charge < -0.3 is 5.32 Å². The molecule has 2 rings (SSSR count). The van der Waals surface area contributed by atoms with Gasteiger partial charge in [-0.2, -0.15) is 0 Å². The van der Waals surface area contributed by atoms with Crippen LogP contribution < -0.4 is 5.32 Å². The van der Waals surface area contributed by atoms with Crippen molar-refractivity contribution in [2.24, 2.45) is 0 Å². The molecule has 0 fully saturated rings. The maximum atomic E-state index is 11.7. The van der Waals surface area contributed by atoms with E-state index in [4.69, 9.17) is 11.6 Å². The predicted molar refractivity (Wildman–Crippen MR) is 83.7 cm³/mol. The maximum absolute atomic E-state index is 11.7. The first-order valence-corrected chi connectivity index (χ1v) is 7.75. The van der Waals surface area contributed by atoms with Gasteiger partial charge in [0.05, 0.1) is 5.75 Å². The molecule has 0 aliphatic rings. The fourth-order valence-electron chi connectivity index (χ4n) is 1.59. The monoisotopic (exact) mass is 306 g/mol. The number of thioether (sulfide) groups is 1. The van der Waals surface area contributed by atoms with E-state index in [0.29, 0.717) is 12.3 Å². The second-order valence-electron chi connectivity index (χ2n) is 4.25. The van der Waals surface area contributed by atoms with Gasteiger partial charge in [-0.15, -0.1) is 11.8 Å². The van der Waals surface area contributed by atoms with Gasteiger partial charge in [-0.05, 0) is 35.4 Å². The van der Waals surface area contributed by atoms with Crippen LogP contribution in [0, 0.1) is 0 Å². The van der Waals surface area contributed by atoms with E-state index in [0.717, 1.165) is 16.3 Å². The SMILES string of the molecule is O=C(CSCc1ccc(Cl)cc1)NCc1ccncc1. The Morgan fingerprint density at radius 3 is 2.50 bits per heavy atom. The molecule has 0 saturated carbocycles. The Morgan fingerprint density at radius 2 is 1.80 bits per heavy atom. The van der Waals surface area contributed by atoms with Gasteiger partial charge in [0.15, 0.2) is 0 Å². The average Bonchev–Trinajstić information content (AvgIpc) is 2.48. The number of pyridine rings is 1. The molecule has 1 amide bonds. The van der Waals surface area contributed by atoms with Crippen molar-refractivity contribution in [2.45, 2.75) is 12.3 Å². The van der Waals surface area contributed by atoms with Gasteiger partial charge in [0.25, 0.3) is 0 Å². The zero-order chi connectivity index (χ0) is 14.2. The summed E-state index contributed by atoms with van der Waals surface area (Å²) in [6.07, 6.45) is 3.44. The number of halogens is 1. The van der Waals surface area contributed by atoms with Crippen molar-refractivity contribution in [1.29, 1.82) is 0 Å². The number of rotatable bonds is 6. The molecule has 0 saturated heterocycles. The van der Waals surface area contributed by atoms with Gasteiger partial charge in [0, 0.05) is 29.7 Å². The molecule has 0 bridgehead atoms. The van der Waals surface area contributed by atoms with Gasteiger partial charge in [-0.1, -0.05) is 23.7 Å². The summed E-state index contributed by atoms with van der Waals surface area (Å²) in [5.41, 5.74) is 2.22. The lowest BCUT2D eigenvalue weighted by Crippen LogP contribution is -2.24. The maximum Gasteiger partial charge on any atom is 0.230 e. The first-order valence-electron chi connectivity index (χ1n) is 6.22. The lowest BCUT2D eigenvalue weighted by molar-refractivity contribution is -0.118. The van der Waals surface area contributed by atoms with E-state index < -0.39 is 0 Å². The summed E-state index contributed by atoms with van der Waals surface area (Å²) in [5.74, 6) is 1.30. The largest absolute Gasteiger partial charge is 0.351 e. The fourth-order valence-corrected chi connectivity index (χ4v) is 2.54. The summed E-state index contributed by atoms with van der Waals surface area (Å²) in [5, 5.41) is 3.62. The molecular formula is C15H15ClN2OS. The molecule has 0 spiro atoms. The average molecular weight is 307 g/mol. The van der Waals surface area contributed by atoms with Gasteiger partial charge in [0.1, 0.15) is 0 Å². The van der Waals surface area contributed by atoms with Crippen molar-refractivity contribution < 1.29 is 4.79 Å². The summed E-state index contributed by atoms with van der Waals surface area (Å²) in [6.45, 7) is 0.545. The van der Waals surface area contributed by atoms with E-state index in [1.165, 1.54) is 5.56 Å². The summed E-state index contributed by atoms with van der Waals surface area (Å²) in [6, 6.07) is 11.5. The Balaban J connectivity index is 1.66. The molecule has 0 unspecified atom stereocenters. The molecule has 20 heavy (non-hydrogen) atoms. The Bertz CT molecular complexity index is 546. The van der Waals surface area contributed by atoms with E-state index >= 15 is 0 Å². The molecule has 0 atom stereocenters. The molecule has 5 heteroatoms. The van der Waals surface area contributed by atoms with Crippen molar-refractivity contribution in [3.8, 4) is 0 Å². The topological polar surface area (TPSA) is 42.0 Å². The van der Waals surface area contributed by atoms with Crippen LogP contribution in [0.2, 0.25) is 5.02 Å². The highest BCUT2D eigenvalue weighted by Gasteiger charge is 2.02. The highest BCUT2D eigenvalue weighted by molar-refractivity contribution is 7.99. The second-order valence-corrected chi connectivity index (χ2v) is 5.67. The quantitative estimate of drug-likeness (QED) is 0.890. The van der Waals surface area contributed by atoms with Gasteiger partial charge in [-0.3, -0.25) is 9.78 Å². The van der Waals surface area contributed by atoms with Crippen molar-refractivity contribution in [3.63, 3.8) is 0 Å². The first-order chi connectivity index (χ1) is 9.74. The smallest absolute Gasteiger partial charge is 0.230 e. The number of amides is 1. The summed E-state index contributed by atoms with van der Waals surface area (Å²) in [7, 11) is 0. The third-order valence-corrected chi connectivity index (χ3v) is 3.91. The third-order valence-electron chi connectivity index (χ3n) is 2.65. The minimum Gasteiger partial charge on any atom is -0.351 e. The van der Waals surface area contributed by atoms with Crippen molar-refractivity contribution in [1.82, 2.24) is 10.3 Å². The van der Waals surface area contributed by atoms with Crippen LogP contribution in [0.25, 0.3) is 0 Å². The van der Waals surface area contributed by atoms with Crippen molar-refractivity contribution in [2.75, 3.05) is 5.75 Å². The lowest BCUT2D eigenvalue weighted by Gasteiger charge is -2.05. The summed E-state index contributed by atoms with van der Waals surface area (Å²) < 4.78 is 0. The summed E-state index contributed by atoms with van der Waals surface area (Å²) >= 11 is 7.41. The Labute approximate surface area is 127 Å². The van der Waals surface area contributed by atoms with Crippen molar-refractivity contribution in [3.05, 3.63) is 64.9 Å². The minimum atomic E-state index is 0.0424. The number of nitrogens with one attached hydrogen (secondary N) is 1. The minimum absolute atomic E-state index is 0.0424. The molecule has 3 nitrogen and oxygen atoms in total. The normalized spacial score (nSPS) is 10.2. The number of aromatic nitrogens is 1. The van der Waals surface area contributed by atoms with Crippen LogP contribution in [0.3, 0.4) is 0 Å². The number of benzene rings is 1. The highest BCUT2D eigenvalue weighted by Crippen LogP contribution is 2.15. The highest BCUT2D eigenvalue weighted by atomic mass is 35.5. The summed E-state index contributed by atoms with van der Waals surface area (Å²) in [4.78, 5) is 15.6. The molecule has 0 radical (unpaired) electrons. The van der Waals surface area contributed by atoms with Crippen molar-refractivity contribution >= 4 is 29.3 Å². The molecule has 104 valence electrons. The van der Waals surface area contributed by atoms with E-state index in [1.54, 1.807) is 24.2 Å². The van der Waals surface area contributed by atoms with Crippen LogP contribution in [0.4, 0.5) is 0 Å². The Kier molecular flexibility index (Phi) is 5.89. The molecule has 0 aliphatic heterocycles. The van der Waals surface area contributed by atoms with Crippen LogP contribution in [0.15, 0.2) is 48.8 Å². The molecule has 2 aromatic rings. The van der Waals surface area contributed by atoms with E-state index in [1.807, 2.05) is 36.4 Å². The Morgan fingerprint density at radius 1 is 1.10 bits per heavy atom. The molecule has 0 aliphatic carbocycles. The van der Waals surface area contributed by atoms with Gasteiger partial charge in [-0.25, -0.2) is 0 Å². The number of carbonyl (C=O) groups is 1.